The first-order valence-electron chi connectivity index (χ1n) is 7.90. The first kappa shape index (κ1) is 19.0. The average Bonchev–Trinajstić information content (AvgIpc) is 2.87. The third-order valence-corrected chi connectivity index (χ3v) is 5.46. The predicted molar refractivity (Wildman–Crippen MR) is 108 cm³/mol. The summed E-state index contributed by atoms with van der Waals surface area (Å²) in [6, 6.07) is 12.6. The van der Waals surface area contributed by atoms with Gasteiger partial charge in [0.05, 0.1) is 22.5 Å². The van der Waals surface area contributed by atoms with Gasteiger partial charge >= 0.3 is 0 Å². The zero-order valence-corrected chi connectivity index (χ0v) is 17.0. The van der Waals surface area contributed by atoms with Gasteiger partial charge in [-0.1, -0.05) is 29.8 Å². The molecule has 134 valence electrons. The lowest BCUT2D eigenvalue weighted by molar-refractivity contribution is -0.123. The lowest BCUT2D eigenvalue weighted by Gasteiger charge is -2.12. The zero-order valence-electron chi connectivity index (χ0n) is 13.9. The van der Waals surface area contributed by atoms with Gasteiger partial charge in [0.25, 0.3) is 11.1 Å². The van der Waals surface area contributed by atoms with Crippen LogP contribution in [0.3, 0.4) is 0 Å². The second kappa shape index (κ2) is 8.29. The number of thioether (sulfide) groups is 1. The summed E-state index contributed by atoms with van der Waals surface area (Å²) in [7, 11) is 0. The lowest BCUT2D eigenvalue weighted by Crippen LogP contribution is -2.27. The Morgan fingerprint density at radius 1 is 1.19 bits per heavy atom. The molecule has 0 aromatic heterocycles. The van der Waals surface area contributed by atoms with Crippen molar-refractivity contribution in [2.75, 3.05) is 6.61 Å². The summed E-state index contributed by atoms with van der Waals surface area (Å²) in [6.45, 7) is 2.71. The molecular formula is C19H15BrClNO3S. The van der Waals surface area contributed by atoms with Gasteiger partial charge in [0.15, 0.2) is 0 Å². The molecule has 0 atom stereocenters. The average molecular weight is 453 g/mol. The first-order valence-corrected chi connectivity index (χ1v) is 9.89. The molecule has 1 fully saturated rings. The molecule has 0 spiro atoms. The van der Waals surface area contributed by atoms with E-state index >= 15 is 0 Å². The fourth-order valence-corrected chi connectivity index (χ4v) is 3.91. The number of benzene rings is 2. The van der Waals surface area contributed by atoms with Crippen molar-refractivity contribution in [1.82, 2.24) is 4.90 Å². The molecule has 2 amide bonds. The molecule has 0 radical (unpaired) electrons. The van der Waals surface area contributed by atoms with E-state index in [1.165, 1.54) is 4.90 Å². The Bertz CT molecular complexity index is 883. The molecule has 1 heterocycles. The zero-order chi connectivity index (χ0) is 18.7. The molecule has 1 aliphatic heterocycles. The van der Waals surface area contributed by atoms with E-state index in [2.05, 4.69) is 15.9 Å². The lowest BCUT2D eigenvalue weighted by atomic mass is 10.2. The molecular weight excluding hydrogens is 438 g/mol. The number of nitrogens with zero attached hydrogens (tertiary/aromatic N) is 1. The van der Waals surface area contributed by atoms with Crippen molar-refractivity contribution in [3.05, 3.63) is 68.0 Å². The van der Waals surface area contributed by atoms with Crippen molar-refractivity contribution in [1.29, 1.82) is 0 Å². The number of imide groups is 1. The molecule has 7 heteroatoms. The molecule has 0 bridgehead atoms. The number of rotatable bonds is 5. The third-order valence-electron chi connectivity index (χ3n) is 3.68. The van der Waals surface area contributed by atoms with E-state index in [1.807, 2.05) is 25.1 Å². The van der Waals surface area contributed by atoms with Crippen LogP contribution in [0, 0.1) is 0 Å². The number of ether oxygens (including phenoxy) is 1. The van der Waals surface area contributed by atoms with Gasteiger partial charge in [0.1, 0.15) is 5.75 Å². The van der Waals surface area contributed by atoms with Crippen molar-refractivity contribution in [3.8, 4) is 5.75 Å². The molecule has 0 saturated carbocycles. The molecule has 0 unspecified atom stereocenters. The van der Waals surface area contributed by atoms with Crippen LogP contribution in [0.5, 0.6) is 5.75 Å². The van der Waals surface area contributed by atoms with Gasteiger partial charge in [-0.2, -0.15) is 0 Å². The van der Waals surface area contributed by atoms with Crippen LogP contribution in [0.4, 0.5) is 4.79 Å². The quantitative estimate of drug-likeness (QED) is 0.543. The highest BCUT2D eigenvalue weighted by atomic mass is 79.9. The number of hydrogen-bond donors (Lipinski definition) is 0. The fraction of sp³-hybridized carbons (Fsp3) is 0.158. The minimum Gasteiger partial charge on any atom is -0.493 e. The van der Waals surface area contributed by atoms with Gasteiger partial charge < -0.3 is 4.74 Å². The summed E-state index contributed by atoms with van der Waals surface area (Å²) < 4.78 is 6.28. The summed E-state index contributed by atoms with van der Waals surface area (Å²) in [4.78, 5) is 26.5. The second-order valence-electron chi connectivity index (χ2n) is 5.52. The molecule has 1 saturated heterocycles. The summed E-state index contributed by atoms with van der Waals surface area (Å²) in [5.74, 6) is 0.445. The van der Waals surface area contributed by atoms with Gasteiger partial charge in [0, 0.05) is 5.02 Å². The van der Waals surface area contributed by atoms with Crippen molar-refractivity contribution in [3.63, 3.8) is 0 Å². The standard InChI is InChI=1S/C19H15BrClNO3S/c1-2-25-16-8-5-13(9-15(16)20)10-17-18(23)22(19(24)26-17)11-12-3-6-14(21)7-4-12/h3-10H,2,11H2,1H3/b17-10-. The van der Waals surface area contributed by atoms with Crippen molar-refractivity contribution >= 4 is 56.5 Å². The van der Waals surface area contributed by atoms with E-state index in [9.17, 15) is 9.59 Å². The number of amides is 2. The topological polar surface area (TPSA) is 46.6 Å². The Kier molecular flexibility index (Phi) is 6.06. The Hall–Kier alpha value is -1.76. The Morgan fingerprint density at radius 2 is 1.92 bits per heavy atom. The van der Waals surface area contributed by atoms with Crippen LogP contribution in [0.2, 0.25) is 5.02 Å². The SMILES string of the molecule is CCOc1ccc(/C=C2\SC(=O)N(Cc3ccc(Cl)cc3)C2=O)cc1Br. The van der Waals surface area contributed by atoms with E-state index in [-0.39, 0.29) is 17.7 Å². The van der Waals surface area contributed by atoms with E-state index in [4.69, 9.17) is 16.3 Å². The first-order chi connectivity index (χ1) is 12.5. The molecule has 2 aromatic carbocycles. The van der Waals surface area contributed by atoms with Crippen molar-refractivity contribution in [2.45, 2.75) is 13.5 Å². The Labute approximate surface area is 169 Å². The van der Waals surface area contributed by atoms with Crippen molar-refractivity contribution < 1.29 is 14.3 Å². The molecule has 2 aromatic rings. The largest absolute Gasteiger partial charge is 0.493 e. The van der Waals surface area contributed by atoms with Gasteiger partial charge in [-0.25, -0.2) is 0 Å². The minimum absolute atomic E-state index is 0.228. The molecule has 0 N–H and O–H groups in total. The maximum atomic E-state index is 12.6. The fourth-order valence-electron chi connectivity index (χ4n) is 2.44. The number of halogens is 2. The third kappa shape index (κ3) is 4.31. The Morgan fingerprint density at radius 3 is 2.58 bits per heavy atom. The Balaban J connectivity index is 1.78. The maximum absolute atomic E-state index is 12.6. The highest BCUT2D eigenvalue weighted by molar-refractivity contribution is 9.10. The van der Waals surface area contributed by atoms with Crippen LogP contribution >= 0.6 is 39.3 Å². The van der Waals surface area contributed by atoms with Crippen LogP contribution in [0.25, 0.3) is 6.08 Å². The van der Waals surface area contributed by atoms with Crippen LogP contribution in [-0.4, -0.2) is 22.7 Å². The molecule has 4 nitrogen and oxygen atoms in total. The van der Waals surface area contributed by atoms with E-state index in [0.717, 1.165) is 33.1 Å². The van der Waals surface area contributed by atoms with Crippen LogP contribution < -0.4 is 4.74 Å². The molecule has 26 heavy (non-hydrogen) atoms. The number of carbonyl (C=O) groups is 2. The highest BCUT2D eigenvalue weighted by Gasteiger charge is 2.34. The molecule has 3 rings (SSSR count). The van der Waals surface area contributed by atoms with Crippen molar-refractivity contribution in [2.24, 2.45) is 0 Å². The summed E-state index contributed by atoms with van der Waals surface area (Å²) >= 11 is 10.3. The normalized spacial score (nSPS) is 15.8. The van der Waals surface area contributed by atoms with E-state index in [1.54, 1.807) is 30.3 Å². The van der Waals surface area contributed by atoms with Crippen LogP contribution in [-0.2, 0) is 11.3 Å². The van der Waals surface area contributed by atoms with Crippen LogP contribution in [0.1, 0.15) is 18.1 Å². The van der Waals surface area contributed by atoms with E-state index < -0.39 is 0 Å². The van der Waals surface area contributed by atoms with Gasteiger partial charge in [-0.15, -0.1) is 0 Å². The van der Waals surface area contributed by atoms with E-state index in [0.29, 0.717) is 16.5 Å². The predicted octanol–water partition coefficient (Wildman–Crippen LogP) is 5.74. The minimum atomic E-state index is -0.292. The van der Waals surface area contributed by atoms with Gasteiger partial charge in [-0.3, -0.25) is 14.5 Å². The summed E-state index contributed by atoms with van der Waals surface area (Å²) in [5.41, 5.74) is 1.67. The van der Waals surface area contributed by atoms with Crippen LogP contribution in [0.15, 0.2) is 51.8 Å². The maximum Gasteiger partial charge on any atom is 0.293 e. The molecule has 1 aliphatic rings. The number of carbonyl (C=O) groups excluding carboxylic acids is 2. The summed E-state index contributed by atoms with van der Waals surface area (Å²) in [6.07, 6.45) is 1.72. The smallest absolute Gasteiger partial charge is 0.293 e. The number of hydrogen-bond acceptors (Lipinski definition) is 4. The second-order valence-corrected chi connectivity index (χ2v) is 7.80. The summed E-state index contributed by atoms with van der Waals surface area (Å²) in [5, 5.41) is 0.338. The molecule has 0 aliphatic carbocycles. The highest BCUT2D eigenvalue weighted by Crippen LogP contribution is 2.34. The van der Waals surface area contributed by atoms with Gasteiger partial charge in [0.2, 0.25) is 0 Å². The van der Waals surface area contributed by atoms with Gasteiger partial charge in [-0.05, 0) is 76.1 Å². The monoisotopic (exact) mass is 451 g/mol.